The molecule has 3 rings (SSSR count). The number of ether oxygens (including phenoxy) is 2. The molecule has 1 aliphatic rings. The molecule has 0 bridgehead atoms. The number of anilines is 1. The Morgan fingerprint density at radius 1 is 1.07 bits per heavy atom. The molecular formula is C22H28N2O3. The molecule has 0 aromatic heterocycles. The smallest absolute Gasteiger partial charge is 0.239 e. The maximum atomic E-state index is 12.7. The second kappa shape index (κ2) is 8.80. The molecular weight excluding hydrogens is 340 g/mol. The summed E-state index contributed by atoms with van der Waals surface area (Å²) >= 11 is 0. The molecule has 5 heteroatoms. The molecule has 0 radical (unpaired) electrons. The summed E-state index contributed by atoms with van der Waals surface area (Å²) in [6.45, 7) is 5.83. The molecule has 0 unspecified atom stereocenters. The summed E-state index contributed by atoms with van der Waals surface area (Å²) in [6.07, 6.45) is 0.875. The Bertz CT molecular complexity index is 761. The summed E-state index contributed by atoms with van der Waals surface area (Å²) in [5, 5.41) is 3.18. The van der Waals surface area contributed by atoms with Crippen LogP contribution < -0.4 is 19.7 Å². The highest BCUT2D eigenvalue weighted by atomic mass is 16.5. The number of likely N-dealkylation sites (N-methyl/N-ethyl adjacent to an activating group) is 1. The van der Waals surface area contributed by atoms with Gasteiger partial charge in [-0.25, -0.2) is 0 Å². The zero-order chi connectivity index (χ0) is 19.2. The molecule has 0 saturated heterocycles. The van der Waals surface area contributed by atoms with E-state index in [0.29, 0.717) is 19.8 Å². The average molecular weight is 368 g/mol. The number of hydrogen-bond acceptors (Lipinski definition) is 4. The minimum atomic E-state index is -0.0844. The lowest BCUT2D eigenvalue weighted by atomic mass is 9.95. The van der Waals surface area contributed by atoms with Gasteiger partial charge in [0.2, 0.25) is 5.91 Å². The van der Waals surface area contributed by atoms with Gasteiger partial charge in [-0.1, -0.05) is 38.1 Å². The first-order chi connectivity index (χ1) is 13.0. The number of nitrogens with zero attached hydrogens (tertiary/aromatic N) is 1. The largest absolute Gasteiger partial charge is 0.490 e. The highest BCUT2D eigenvalue weighted by molar-refractivity contribution is 5.81. The van der Waals surface area contributed by atoms with Crippen LogP contribution in [0.4, 0.5) is 5.69 Å². The highest BCUT2D eigenvalue weighted by Crippen LogP contribution is 2.34. The fourth-order valence-electron chi connectivity index (χ4n) is 3.22. The number of rotatable bonds is 6. The topological polar surface area (TPSA) is 50.8 Å². The standard InChI is InChI=1S/C22H28N2O3/c1-16(2)22(17-10-11-19-20(14-17)27-13-7-12-26-19)23-21(25)15-24(3)18-8-5-4-6-9-18/h4-6,8-11,14,16,22H,7,12-13,15H2,1-3H3,(H,23,25)/t22-/m1/s1. The summed E-state index contributed by atoms with van der Waals surface area (Å²) in [5.41, 5.74) is 2.05. The molecule has 0 aliphatic carbocycles. The molecule has 27 heavy (non-hydrogen) atoms. The lowest BCUT2D eigenvalue weighted by Crippen LogP contribution is -2.39. The minimum Gasteiger partial charge on any atom is -0.490 e. The zero-order valence-electron chi connectivity index (χ0n) is 16.3. The van der Waals surface area contributed by atoms with Crippen molar-refractivity contribution in [2.45, 2.75) is 26.3 Å². The fraction of sp³-hybridized carbons (Fsp3) is 0.409. The lowest BCUT2D eigenvalue weighted by Gasteiger charge is -2.26. The Hall–Kier alpha value is -2.69. The van der Waals surface area contributed by atoms with Gasteiger partial charge in [0.1, 0.15) is 0 Å². The predicted octanol–water partition coefficient (Wildman–Crippen LogP) is 3.80. The van der Waals surface area contributed by atoms with Gasteiger partial charge in [0.15, 0.2) is 11.5 Å². The van der Waals surface area contributed by atoms with Gasteiger partial charge in [0.25, 0.3) is 0 Å². The summed E-state index contributed by atoms with van der Waals surface area (Å²) in [4.78, 5) is 14.6. The molecule has 5 nitrogen and oxygen atoms in total. The Balaban J connectivity index is 1.70. The number of carbonyl (C=O) groups is 1. The molecule has 1 heterocycles. The lowest BCUT2D eigenvalue weighted by molar-refractivity contribution is -0.120. The van der Waals surface area contributed by atoms with Crippen molar-refractivity contribution in [1.29, 1.82) is 0 Å². The number of para-hydroxylation sites is 1. The van der Waals surface area contributed by atoms with Crippen molar-refractivity contribution in [3.8, 4) is 11.5 Å². The Labute approximate surface area is 161 Å². The first-order valence-corrected chi connectivity index (χ1v) is 9.49. The van der Waals surface area contributed by atoms with Crippen LogP contribution in [0.5, 0.6) is 11.5 Å². The monoisotopic (exact) mass is 368 g/mol. The van der Waals surface area contributed by atoms with Crippen LogP contribution in [0.25, 0.3) is 0 Å². The van der Waals surface area contributed by atoms with Crippen LogP contribution in [0.2, 0.25) is 0 Å². The van der Waals surface area contributed by atoms with E-state index in [-0.39, 0.29) is 17.9 Å². The molecule has 0 spiro atoms. The van der Waals surface area contributed by atoms with Gasteiger partial charge >= 0.3 is 0 Å². The van der Waals surface area contributed by atoms with Crippen molar-refractivity contribution >= 4 is 11.6 Å². The van der Waals surface area contributed by atoms with Crippen molar-refractivity contribution in [2.24, 2.45) is 5.92 Å². The van der Waals surface area contributed by atoms with E-state index in [1.807, 2.05) is 60.5 Å². The van der Waals surface area contributed by atoms with E-state index >= 15 is 0 Å². The summed E-state index contributed by atoms with van der Waals surface area (Å²) < 4.78 is 11.5. The van der Waals surface area contributed by atoms with Gasteiger partial charge in [0, 0.05) is 19.2 Å². The summed E-state index contributed by atoms with van der Waals surface area (Å²) in [5.74, 6) is 1.77. The van der Waals surface area contributed by atoms with Crippen LogP contribution in [-0.4, -0.2) is 32.7 Å². The van der Waals surface area contributed by atoms with Crippen LogP contribution in [-0.2, 0) is 4.79 Å². The van der Waals surface area contributed by atoms with Crippen LogP contribution in [0.3, 0.4) is 0 Å². The second-order valence-corrected chi connectivity index (χ2v) is 7.24. The number of benzene rings is 2. The van der Waals surface area contributed by atoms with Gasteiger partial charge in [0.05, 0.1) is 25.8 Å². The van der Waals surface area contributed by atoms with Crippen molar-refractivity contribution in [3.05, 3.63) is 54.1 Å². The molecule has 1 amide bonds. The van der Waals surface area contributed by atoms with Gasteiger partial charge in [-0.05, 0) is 35.7 Å². The van der Waals surface area contributed by atoms with Gasteiger partial charge in [-0.3, -0.25) is 4.79 Å². The number of carbonyl (C=O) groups excluding carboxylic acids is 1. The van der Waals surface area contributed by atoms with Gasteiger partial charge < -0.3 is 19.7 Å². The van der Waals surface area contributed by atoms with Crippen LogP contribution >= 0.6 is 0 Å². The molecule has 2 aromatic carbocycles. The SMILES string of the molecule is CC(C)[C@@H](NC(=O)CN(C)c1ccccc1)c1ccc2c(c1)OCCCO2. The first kappa shape index (κ1) is 19.1. The molecule has 2 aromatic rings. The quantitative estimate of drug-likeness (QED) is 0.843. The van der Waals surface area contributed by atoms with E-state index < -0.39 is 0 Å². The zero-order valence-corrected chi connectivity index (χ0v) is 16.3. The maximum Gasteiger partial charge on any atom is 0.239 e. The summed E-state index contributed by atoms with van der Waals surface area (Å²) in [7, 11) is 1.92. The minimum absolute atomic E-state index is 0.00726. The predicted molar refractivity (Wildman–Crippen MR) is 107 cm³/mol. The van der Waals surface area contributed by atoms with Crippen LogP contribution in [0.1, 0.15) is 31.9 Å². The highest BCUT2D eigenvalue weighted by Gasteiger charge is 2.21. The third-order valence-electron chi connectivity index (χ3n) is 4.69. The molecule has 0 saturated carbocycles. The molecule has 144 valence electrons. The van der Waals surface area contributed by atoms with E-state index in [0.717, 1.165) is 29.2 Å². The van der Waals surface area contributed by atoms with E-state index in [1.54, 1.807) is 0 Å². The number of fused-ring (bicyclic) bond motifs is 1. The second-order valence-electron chi connectivity index (χ2n) is 7.24. The molecule has 1 aliphatic heterocycles. The van der Waals surface area contributed by atoms with Crippen LogP contribution in [0, 0.1) is 5.92 Å². The first-order valence-electron chi connectivity index (χ1n) is 9.49. The summed E-state index contributed by atoms with van der Waals surface area (Å²) in [6, 6.07) is 15.8. The van der Waals surface area contributed by atoms with Gasteiger partial charge in [-0.2, -0.15) is 0 Å². The van der Waals surface area contributed by atoms with Crippen molar-refractivity contribution < 1.29 is 14.3 Å². The Morgan fingerprint density at radius 2 is 1.78 bits per heavy atom. The number of nitrogens with one attached hydrogen (secondary N) is 1. The van der Waals surface area contributed by atoms with E-state index in [4.69, 9.17) is 9.47 Å². The molecule has 0 fully saturated rings. The van der Waals surface area contributed by atoms with Crippen LogP contribution in [0.15, 0.2) is 48.5 Å². The average Bonchev–Trinajstić information content (AvgIpc) is 2.91. The third-order valence-corrected chi connectivity index (χ3v) is 4.69. The molecule has 1 N–H and O–H groups in total. The molecule has 1 atom stereocenters. The van der Waals surface area contributed by atoms with Crippen molar-refractivity contribution in [1.82, 2.24) is 5.32 Å². The van der Waals surface area contributed by atoms with E-state index in [9.17, 15) is 4.79 Å². The van der Waals surface area contributed by atoms with Gasteiger partial charge in [-0.15, -0.1) is 0 Å². The fourth-order valence-corrected chi connectivity index (χ4v) is 3.22. The Kier molecular flexibility index (Phi) is 6.22. The number of hydrogen-bond donors (Lipinski definition) is 1. The van der Waals surface area contributed by atoms with E-state index in [1.165, 1.54) is 0 Å². The van der Waals surface area contributed by atoms with Crippen molar-refractivity contribution in [3.63, 3.8) is 0 Å². The Morgan fingerprint density at radius 3 is 2.48 bits per heavy atom. The number of amides is 1. The normalized spacial score (nSPS) is 14.4. The van der Waals surface area contributed by atoms with Crippen molar-refractivity contribution in [2.75, 3.05) is 31.7 Å². The third kappa shape index (κ3) is 4.94. The maximum absolute atomic E-state index is 12.7. The van der Waals surface area contributed by atoms with E-state index in [2.05, 4.69) is 19.2 Å².